The zero-order valence-corrected chi connectivity index (χ0v) is 60.0. The van der Waals surface area contributed by atoms with Crippen molar-refractivity contribution < 1.29 is 133 Å². The number of rotatable bonds is 27. The smallest absolute Gasteiger partial charge is 0.417 e. The number of nitriles is 1. The van der Waals surface area contributed by atoms with Gasteiger partial charge in [0.05, 0.1) is 117 Å². The van der Waals surface area contributed by atoms with Crippen LogP contribution in [0.4, 0.5) is 28.4 Å². The summed E-state index contributed by atoms with van der Waals surface area (Å²) in [7, 11) is 0. The van der Waals surface area contributed by atoms with Crippen LogP contribution >= 0.6 is 0 Å². The molecule has 4 N–H and O–H groups in total. The largest absolute Gasteiger partial charge is 0.463 e. The van der Waals surface area contributed by atoms with Gasteiger partial charge in [-0.25, -0.2) is 24.1 Å². The van der Waals surface area contributed by atoms with Crippen LogP contribution in [0.2, 0.25) is 0 Å². The zero-order valence-electron chi connectivity index (χ0n) is 60.0. The maximum atomic E-state index is 16.1. The SMILES string of the molecule is CC(=O)O[C@@]12COC1C[C@H](O)[C@@]1(C)C(=O)[C@H](OC(=O)CCC(=O)OCCOCCOCCOC(=O)CCC(=O)OCC#CCN3C(=O)N(c4ccc(C#N)c(C(F)(F)F)c4)C(=O)C3(C)C)C3=C(C)[C@@H](OC(=O)[C@H](O)[C@@H](NC(=O)OC(C)(C)C)c4ccccc4)C[C@@](O)([C@@H](OC(=O)c4ccccc4)[C@@H]12)C3(C)C. The highest BCUT2D eigenvalue weighted by Gasteiger charge is 2.78. The van der Waals surface area contributed by atoms with E-state index in [2.05, 4.69) is 17.2 Å². The zero-order chi connectivity index (χ0) is 78.1. The first kappa shape index (κ1) is 81.8. The lowest BCUT2D eigenvalue weighted by atomic mass is 9.44. The third kappa shape index (κ3) is 17.8. The molecule has 3 aromatic rings. The van der Waals surface area contributed by atoms with E-state index in [0.717, 1.165) is 24.0 Å². The van der Waals surface area contributed by atoms with Crippen LogP contribution in [0.25, 0.3) is 0 Å². The third-order valence-electron chi connectivity index (χ3n) is 19.4. The number of alkyl halides is 3. The minimum Gasteiger partial charge on any atom is -0.463 e. The summed E-state index contributed by atoms with van der Waals surface area (Å²) in [5, 5.41) is 50.0. The molecule has 106 heavy (non-hydrogen) atoms. The Morgan fingerprint density at radius 3 is 1.90 bits per heavy atom. The number of aliphatic hydroxyl groups is 3. The second kappa shape index (κ2) is 33.3. The molecule has 572 valence electrons. The number of carbonyl (C=O) groups excluding carboxylic acids is 11. The predicted molar refractivity (Wildman–Crippen MR) is 358 cm³/mol. The fraction of sp³-hybridized carbons (Fsp3) is 0.541. The molecule has 1 unspecified atom stereocenters. The monoisotopic (exact) mass is 1490 g/mol. The van der Waals surface area contributed by atoms with E-state index in [0.29, 0.717) is 11.0 Å². The van der Waals surface area contributed by atoms with Crippen molar-refractivity contribution >= 4 is 71.3 Å². The summed E-state index contributed by atoms with van der Waals surface area (Å²) >= 11 is 0. The Kier molecular flexibility index (Phi) is 25.7. The second-order valence-electron chi connectivity index (χ2n) is 28.1. The molecule has 3 aliphatic carbocycles. The van der Waals surface area contributed by atoms with Gasteiger partial charge in [0.2, 0.25) is 0 Å². The summed E-state index contributed by atoms with van der Waals surface area (Å²) in [4.78, 5) is 152. The average molecular weight is 1490 g/mol. The van der Waals surface area contributed by atoms with Crippen molar-refractivity contribution in [1.29, 1.82) is 5.26 Å². The number of hydrogen-bond acceptors (Lipinski definition) is 26. The molecular weight excluding hydrogens is 1400 g/mol. The van der Waals surface area contributed by atoms with Crippen LogP contribution in [0.15, 0.2) is 90.0 Å². The lowest BCUT2D eigenvalue weighted by Crippen LogP contribution is -2.82. The standard InChI is InChI=1S/C74H85F3N4O25/c1-42-49(102-64(91)58(88)57(44-19-13-11-14-20-44)79-66(93)106-68(3,4)5)39-73(95)62(104-63(90)45-21-15-12-16-22-45)60-71(10,50(83)38-51-72(60,41-101-51)105-43(2)82)61(89)59(56(42)69(73,6)7)103-55(87)28-27-54(86)100-36-34-97-32-31-96-33-35-99-53(85)26-25-52(84)98-30-18-17-29-80-67(94)81(65(92)70(80,8)9)47-24-23-46(40-78)48(37-47)74(75,76)77/h11-16,19-24,37,49-51,57-60,62,83,88,95H,25-36,38-39,41H2,1-10H3,(H,79,93)/t49-,50-,51?,57-,58+,59+,60-,62-,71+,72-,73+/m0/s1. The molecule has 4 amide bonds. The maximum Gasteiger partial charge on any atom is 0.417 e. The third-order valence-corrected chi connectivity index (χ3v) is 19.4. The van der Waals surface area contributed by atoms with Crippen LogP contribution in [0.1, 0.15) is 141 Å². The van der Waals surface area contributed by atoms with Gasteiger partial charge in [0.25, 0.3) is 5.91 Å². The van der Waals surface area contributed by atoms with Crippen molar-refractivity contribution in [1.82, 2.24) is 10.2 Å². The van der Waals surface area contributed by atoms with Gasteiger partial charge in [0.15, 0.2) is 30.2 Å². The molecule has 4 fully saturated rings. The lowest BCUT2D eigenvalue weighted by Gasteiger charge is -2.67. The van der Waals surface area contributed by atoms with Gasteiger partial charge >= 0.3 is 60.1 Å². The predicted octanol–water partition coefficient (Wildman–Crippen LogP) is 6.17. The lowest BCUT2D eigenvalue weighted by molar-refractivity contribution is -0.346. The van der Waals surface area contributed by atoms with E-state index in [1.54, 1.807) is 57.2 Å². The highest BCUT2D eigenvalue weighted by atomic mass is 19.4. The number of ketones is 1. The molecule has 5 aliphatic rings. The number of halogens is 3. The van der Waals surface area contributed by atoms with Crippen molar-refractivity contribution in [3.05, 3.63) is 112 Å². The number of esters is 7. The number of nitrogens with one attached hydrogen (secondary N) is 1. The molecule has 0 radical (unpaired) electrons. The molecule has 2 saturated heterocycles. The van der Waals surface area contributed by atoms with Crippen LogP contribution in [-0.4, -0.2) is 204 Å². The van der Waals surface area contributed by atoms with E-state index in [-0.39, 0.29) is 81.3 Å². The molecule has 2 saturated carbocycles. The minimum atomic E-state index is -4.94. The summed E-state index contributed by atoms with van der Waals surface area (Å²) in [6.45, 7) is 12.2. The first-order chi connectivity index (χ1) is 49.7. The molecule has 2 bridgehead atoms. The van der Waals surface area contributed by atoms with Gasteiger partial charge in [-0.2, -0.15) is 18.4 Å². The number of alkyl carbamates (subject to hydrolysis) is 1. The number of amides is 4. The quantitative estimate of drug-likeness (QED) is 0.0165. The fourth-order valence-corrected chi connectivity index (χ4v) is 13.8. The number of imide groups is 1. The molecule has 3 aromatic carbocycles. The fourth-order valence-electron chi connectivity index (χ4n) is 13.8. The number of aliphatic hydroxyl groups excluding tert-OH is 2. The van der Waals surface area contributed by atoms with Crippen molar-refractivity contribution in [2.24, 2.45) is 16.7 Å². The Hall–Kier alpha value is -9.83. The van der Waals surface area contributed by atoms with E-state index in [9.17, 15) is 76.4 Å². The number of Topliss-reactive ketones (excluding diaryl/α,β-unsaturated/α-hetero) is 1. The topological polar surface area (TPSA) is 392 Å². The number of anilines is 1. The summed E-state index contributed by atoms with van der Waals surface area (Å²) in [6.07, 6.45) is -20.0. The molecule has 0 aromatic heterocycles. The Labute approximate surface area is 608 Å². The first-order valence-corrected chi connectivity index (χ1v) is 34.0. The Balaban J connectivity index is 0.852. The molecule has 29 nitrogen and oxygen atoms in total. The van der Waals surface area contributed by atoms with Crippen molar-refractivity contribution in [3.63, 3.8) is 0 Å². The van der Waals surface area contributed by atoms with E-state index in [4.69, 9.17) is 57.4 Å². The maximum absolute atomic E-state index is 16.1. The normalized spacial score (nSPS) is 24.8. The molecule has 2 aliphatic heterocycles. The summed E-state index contributed by atoms with van der Waals surface area (Å²) in [6, 6.07) is 16.8. The molecular formula is C74H85F3N4O25. The summed E-state index contributed by atoms with van der Waals surface area (Å²) in [5.74, 6) is -5.48. The van der Waals surface area contributed by atoms with Gasteiger partial charge in [-0.1, -0.05) is 74.2 Å². The summed E-state index contributed by atoms with van der Waals surface area (Å²) in [5.41, 5.74) is -13.6. The molecule has 8 rings (SSSR count). The number of urea groups is 1. The Morgan fingerprint density at radius 1 is 0.764 bits per heavy atom. The Morgan fingerprint density at radius 2 is 1.34 bits per heavy atom. The minimum absolute atomic E-state index is 0.00475. The van der Waals surface area contributed by atoms with E-state index in [1.807, 2.05) is 0 Å². The van der Waals surface area contributed by atoms with Crippen LogP contribution < -0.4 is 10.2 Å². The van der Waals surface area contributed by atoms with Crippen LogP contribution in [0.3, 0.4) is 0 Å². The van der Waals surface area contributed by atoms with Gasteiger partial charge in [0.1, 0.15) is 48.3 Å². The molecule has 11 atom stereocenters. The van der Waals surface area contributed by atoms with Gasteiger partial charge in [-0.15, -0.1) is 0 Å². The number of carbonyl (C=O) groups is 11. The number of ether oxygens (including phenoxy) is 11. The van der Waals surface area contributed by atoms with E-state index >= 15 is 4.79 Å². The second-order valence-corrected chi connectivity index (χ2v) is 28.1. The first-order valence-electron chi connectivity index (χ1n) is 34.0. The average Bonchev–Trinajstić information content (AvgIpc) is 0.751. The number of hydrogen-bond donors (Lipinski definition) is 4. The highest BCUT2D eigenvalue weighted by molar-refractivity contribution is 6.23. The van der Waals surface area contributed by atoms with Gasteiger partial charge in [0, 0.05) is 25.2 Å². The van der Waals surface area contributed by atoms with Crippen LogP contribution in [0.5, 0.6) is 0 Å². The molecule has 0 spiro atoms. The molecule has 32 heteroatoms. The number of fused-ring (bicyclic) bond motifs is 5. The van der Waals surface area contributed by atoms with Crippen molar-refractivity contribution in [3.8, 4) is 17.9 Å². The number of benzene rings is 3. The van der Waals surface area contributed by atoms with Gasteiger partial charge < -0.3 is 72.7 Å². The number of nitrogens with zero attached hydrogens (tertiary/aromatic N) is 3. The van der Waals surface area contributed by atoms with Crippen molar-refractivity contribution in [2.45, 2.75) is 179 Å². The summed E-state index contributed by atoms with van der Waals surface area (Å²) < 4.78 is 103. The van der Waals surface area contributed by atoms with Gasteiger partial charge in [-0.05, 0) is 95.5 Å². The van der Waals surface area contributed by atoms with E-state index < -0.39 is 209 Å². The molecule has 2 heterocycles. The highest BCUT2D eigenvalue weighted by Crippen LogP contribution is 2.64. The van der Waals surface area contributed by atoms with E-state index in [1.165, 1.54) is 71.9 Å². The van der Waals surface area contributed by atoms with Crippen LogP contribution in [0, 0.1) is 39.9 Å². The Bertz CT molecular complexity index is 3990. The van der Waals surface area contributed by atoms with Crippen LogP contribution in [-0.2, 0) is 96.6 Å². The van der Waals surface area contributed by atoms with Gasteiger partial charge in [-0.3, -0.25) is 38.5 Å². The van der Waals surface area contributed by atoms with Crippen molar-refractivity contribution in [2.75, 3.05) is 64.3 Å².